The lowest BCUT2D eigenvalue weighted by Crippen LogP contribution is -2.31. The summed E-state index contributed by atoms with van der Waals surface area (Å²) in [5.74, 6) is -0.216. The van der Waals surface area contributed by atoms with E-state index in [0.29, 0.717) is 0 Å². The molecule has 0 spiro atoms. The maximum Gasteiger partial charge on any atom is 0.303 e. The van der Waals surface area contributed by atoms with Gasteiger partial charge in [0.1, 0.15) is 0 Å². The summed E-state index contributed by atoms with van der Waals surface area (Å²) in [5.41, 5.74) is 0. The zero-order valence-electron chi connectivity index (χ0n) is 12.5. The van der Waals surface area contributed by atoms with Gasteiger partial charge in [0.2, 0.25) is 5.91 Å². The molecule has 0 aromatic rings. The first-order chi connectivity index (χ1) is 9.70. The molecular formula is C16H29NO3. The maximum absolute atomic E-state index is 12.0. The first-order valence-corrected chi connectivity index (χ1v) is 8.19. The predicted octanol–water partition coefficient (Wildman–Crippen LogP) is 3.50. The lowest BCUT2D eigenvalue weighted by atomic mass is 9.99. The molecule has 1 fully saturated rings. The van der Waals surface area contributed by atoms with Crippen molar-refractivity contribution in [2.75, 3.05) is 6.54 Å². The predicted molar refractivity (Wildman–Crippen MR) is 79.5 cm³/mol. The van der Waals surface area contributed by atoms with Crippen LogP contribution in [0.15, 0.2) is 0 Å². The second-order valence-electron chi connectivity index (χ2n) is 5.89. The average Bonchev–Trinajstić information content (AvgIpc) is 2.70. The third-order valence-electron chi connectivity index (χ3n) is 4.09. The van der Waals surface area contributed by atoms with Crippen LogP contribution >= 0.6 is 0 Å². The van der Waals surface area contributed by atoms with Gasteiger partial charge in [-0.15, -0.1) is 0 Å². The highest BCUT2D eigenvalue weighted by atomic mass is 16.4. The Labute approximate surface area is 122 Å². The minimum Gasteiger partial charge on any atom is -0.481 e. The van der Waals surface area contributed by atoms with Crippen LogP contribution in [0.2, 0.25) is 0 Å². The summed E-state index contributed by atoms with van der Waals surface area (Å²) < 4.78 is 0. The first kappa shape index (κ1) is 17.0. The third-order valence-corrected chi connectivity index (χ3v) is 4.09. The van der Waals surface area contributed by atoms with Gasteiger partial charge >= 0.3 is 5.97 Å². The Morgan fingerprint density at radius 2 is 1.50 bits per heavy atom. The molecule has 0 bridgehead atoms. The summed E-state index contributed by atoms with van der Waals surface area (Å²) in [6.07, 6.45) is 12.2. The molecule has 1 saturated carbocycles. The fraction of sp³-hybridized carbons (Fsp3) is 0.875. The molecule has 0 aliphatic heterocycles. The summed E-state index contributed by atoms with van der Waals surface area (Å²) >= 11 is 0. The lowest BCUT2D eigenvalue weighted by Gasteiger charge is -2.13. The van der Waals surface area contributed by atoms with Crippen molar-refractivity contribution in [3.8, 4) is 0 Å². The number of carbonyl (C=O) groups is 2. The molecule has 0 unspecified atom stereocenters. The van der Waals surface area contributed by atoms with Crippen LogP contribution in [-0.4, -0.2) is 23.5 Å². The quantitative estimate of drug-likeness (QED) is 0.503. The number of hydrogen-bond acceptors (Lipinski definition) is 2. The molecule has 1 amide bonds. The van der Waals surface area contributed by atoms with Crippen LogP contribution in [0.5, 0.6) is 0 Å². The number of amides is 1. The zero-order chi connectivity index (χ0) is 14.6. The van der Waals surface area contributed by atoms with Crippen molar-refractivity contribution in [2.24, 2.45) is 5.92 Å². The molecule has 2 N–H and O–H groups in total. The van der Waals surface area contributed by atoms with Gasteiger partial charge in [-0.25, -0.2) is 0 Å². The average molecular weight is 283 g/mol. The molecule has 0 heterocycles. The number of nitrogens with one attached hydrogen (secondary N) is 1. The monoisotopic (exact) mass is 283 g/mol. The molecule has 20 heavy (non-hydrogen) atoms. The summed E-state index contributed by atoms with van der Waals surface area (Å²) in [6.45, 7) is 0.772. The summed E-state index contributed by atoms with van der Waals surface area (Å²) in [5, 5.41) is 11.6. The highest BCUT2D eigenvalue weighted by molar-refractivity contribution is 5.78. The van der Waals surface area contributed by atoms with Crippen molar-refractivity contribution in [2.45, 2.75) is 77.0 Å². The van der Waals surface area contributed by atoms with E-state index in [1.165, 1.54) is 25.7 Å². The molecule has 1 aliphatic carbocycles. The number of aliphatic carboxylic acids is 1. The van der Waals surface area contributed by atoms with Crippen molar-refractivity contribution in [1.29, 1.82) is 0 Å². The molecule has 4 heteroatoms. The Morgan fingerprint density at radius 3 is 2.15 bits per heavy atom. The van der Waals surface area contributed by atoms with Gasteiger partial charge in [0.05, 0.1) is 0 Å². The maximum atomic E-state index is 12.0. The first-order valence-electron chi connectivity index (χ1n) is 8.19. The fourth-order valence-corrected chi connectivity index (χ4v) is 2.83. The van der Waals surface area contributed by atoms with Crippen LogP contribution in [0.4, 0.5) is 0 Å². The molecule has 1 rings (SSSR count). The highest BCUT2D eigenvalue weighted by Crippen LogP contribution is 2.22. The van der Waals surface area contributed by atoms with E-state index >= 15 is 0 Å². The fourth-order valence-electron chi connectivity index (χ4n) is 2.83. The van der Waals surface area contributed by atoms with E-state index in [9.17, 15) is 9.59 Å². The third kappa shape index (κ3) is 8.18. The van der Waals surface area contributed by atoms with E-state index < -0.39 is 5.97 Å². The van der Waals surface area contributed by atoms with Gasteiger partial charge in [0.15, 0.2) is 0 Å². The topological polar surface area (TPSA) is 66.4 Å². The van der Waals surface area contributed by atoms with Crippen LogP contribution in [-0.2, 0) is 9.59 Å². The van der Waals surface area contributed by atoms with Crippen molar-refractivity contribution >= 4 is 11.9 Å². The number of carboxylic acids is 1. The van der Waals surface area contributed by atoms with E-state index in [0.717, 1.165) is 51.5 Å². The normalized spacial score (nSPS) is 16.6. The smallest absolute Gasteiger partial charge is 0.303 e. The Hall–Kier alpha value is -1.06. The standard InChI is InChI=1S/C16H29NO3/c18-15(19)12-8-2-1-5-9-13-17-16(20)14-10-6-3-4-7-11-14/h14H,1-13H2,(H,17,20)(H,18,19). The van der Waals surface area contributed by atoms with Gasteiger partial charge in [0, 0.05) is 18.9 Å². The molecule has 116 valence electrons. The number of carbonyl (C=O) groups excluding carboxylic acids is 1. The van der Waals surface area contributed by atoms with Gasteiger partial charge in [-0.05, 0) is 25.7 Å². The molecule has 0 saturated heterocycles. The van der Waals surface area contributed by atoms with Gasteiger partial charge < -0.3 is 10.4 Å². The van der Waals surface area contributed by atoms with E-state index in [2.05, 4.69) is 5.32 Å². The summed E-state index contributed by atoms with van der Waals surface area (Å²) in [6, 6.07) is 0. The van der Waals surface area contributed by atoms with Gasteiger partial charge in [-0.1, -0.05) is 44.9 Å². The SMILES string of the molecule is O=C(O)CCCCCCCNC(=O)C1CCCCCC1. The van der Waals surface area contributed by atoms with E-state index in [-0.39, 0.29) is 18.2 Å². The van der Waals surface area contributed by atoms with Crippen molar-refractivity contribution < 1.29 is 14.7 Å². The Bertz CT molecular complexity index is 283. The Kier molecular flexibility index (Phi) is 9.09. The van der Waals surface area contributed by atoms with Crippen LogP contribution in [0.1, 0.15) is 77.0 Å². The second kappa shape index (κ2) is 10.7. The van der Waals surface area contributed by atoms with Gasteiger partial charge in [0.25, 0.3) is 0 Å². The number of rotatable bonds is 9. The van der Waals surface area contributed by atoms with Crippen molar-refractivity contribution in [3.63, 3.8) is 0 Å². The van der Waals surface area contributed by atoms with E-state index in [1.807, 2.05) is 0 Å². The summed E-state index contributed by atoms with van der Waals surface area (Å²) in [4.78, 5) is 22.3. The van der Waals surface area contributed by atoms with Crippen LogP contribution in [0, 0.1) is 5.92 Å². The number of carboxylic acid groups (broad SMARTS) is 1. The summed E-state index contributed by atoms with van der Waals surface area (Å²) in [7, 11) is 0. The molecule has 4 nitrogen and oxygen atoms in total. The van der Waals surface area contributed by atoms with Gasteiger partial charge in [-0.2, -0.15) is 0 Å². The van der Waals surface area contributed by atoms with Crippen LogP contribution < -0.4 is 5.32 Å². The van der Waals surface area contributed by atoms with E-state index in [4.69, 9.17) is 5.11 Å². The lowest BCUT2D eigenvalue weighted by molar-refractivity contribution is -0.137. The molecule has 0 aromatic heterocycles. The Morgan fingerprint density at radius 1 is 0.900 bits per heavy atom. The van der Waals surface area contributed by atoms with E-state index in [1.54, 1.807) is 0 Å². The number of hydrogen-bond donors (Lipinski definition) is 2. The zero-order valence-corrected chi connectivity index (χ0v) is 12.5. The molecule has 1 aliphatic rings. The Balaban J connectivity index is 1.94. The molecule has 0 radical (unpaired) electrons. The van der Waals surface area contributed by atoms with Crippen molar-refractivity contribution in [3.05, 3.63) is 0 Å². The van der Waals surface area contributed by atoms with Crippen LogP contribution in [0.25, 0.3) is 0 Å². The highest BCUT2D eigenvalue weighted by Gasteiger charge is 2.19. The molecular weight excluding hydrogens is 254 g/mol. The number of unbranched alkanes of at least 4 members (excludes halogenated alkanes) is 4. The molecule has 0 aromatic carbocycles. The van der Waals surface area contributed by atoms with Crippen LogP contribution in [0.3, 0.4) is 0 Å². The largest absolute Gasteiger partial charge is 0.481 e. The minimum atomic E-state index is -0.708. The second-order valence-corrected chi connectivity index (χ2v) is 5.89. The minimum absolute atomic E-state index is 0.244. The van der Waals surface area contributed by atoms with Gasteiger partial charge in [-0.3, -0.25) is 9.59 Å². The van der Waals surface area contributed by atoms with Crippen molar-refractivity contribution in [1.82, 2.24) is 5.32 Å². The molecule has 0 atom stereocenters.